The number of likely N-dealkylation sites (tertiary alicyclic amines) is 1. The van der Waals surface area contributed by atoms with Crippen LogP contribution in [0.3, 0.4) is 0 Å². The van der Waals surface area contributed by atoms with E-state index in [1.54, 1.807) is 36.4 Å². The largest absolute Gasteiger partial charge is 0.368 e. The van der Waals surface area contributed by atoms with Crippen molar-refractivity contribution in [2.75, 3.05) is 31.6 Å². The first kappa shape index (κ1) is 42.2. The van der Waals surface area contributed by atoms with Gasteiger partial charge in [0, 0.05) is 54.3 Å². The number of hydrogen-bond acceptors (Lipinski definition) is 9. The number of aryl methyl sites for hydroxylation is 3. The molecule has 4 heterocycles. The molecule has 2 aromatic heterocycles. The molecule has 0 bridgehead atoms. The molecule has 16 heteroatoms. The fourth-order valence-electron chi connectivity index (χ4n) is 6.20. The van der Waals surface area contributed by atoms with E-state index in [9.17, 15) is 25.3 Å². The monoisotopic (exact) mass is 820 g/mol. The maximum absolute atomic E-state index is 10.5. The molecule has 13 nitrogen and oxygen atoms in total. The second-order valence-corrected chi connectivity index (χ2v) is 18.0. The third-order valence-corrected chi connectivity index (χ3v) is 12.0. The fraction of sp³-hybridized carbons (Fsp3) is 0.225. The van der Waals surface area contributed by atoms with E-state index in [1.807, 2.05) is 33.2 Å². The molecule has 2 aliphatic heterocycles. The third kappa shape index (κ3) is 11.3. The average molecular weight is 821 g/mol. The predicted molar refractivity (Wildman–Crippen MR) is 217 cm³/mol. The van der Waals surface area contributed by atoms with Crippen molar-refractivity contribution >= 4 is 46.9 Å². The average Bonchev–Trinajstić information content (AvgIpc) is 3.76. The van der Waals surface area contributed by atoms with Gasteiger partial charge in [0.05, 0.1) is 32.3 Å². The van der Waals surface area contributed by atoms with E-state index in [2.05, 4.69) is 58.2 Å². The van der Waals surface area contributed by atoms with Gasteiger partial charge in [-0.1, -0.05) is 59.2 Å². The number of nitrogens with one attached hydrogen (secondary N) is 1. The first-order chi connectivity index (χ1) is 26.3. The summed E-state index contributed by atoms with van der Waals surface area (Å²) in [5.74, 6) is 0.843. The van der Waals surface area contributed by atoms with E-state index in [-0.39, 0.29) is 14.7 Å². The standard InChI is InChI=1S/C19H20N4.3C7H8O3S/c1-22-10-15-11-23(12-19(15)22)16-3-5-18(21-9-16)13-2-4-17-14(8-13)6-7-20-17;3*1-6-2-4-7(5-3-6)11(8,9)10/h2-9,15,19-20H,10-12H2,1H3;3*2-5H,1H3,(H,8,9,10)/t15-,19+;;;/m1.../s1. The summed E-state index contributed by atoms with van der Waals surface area (Å²) in [5.41, 5.74) is 7.49. The van der Waals surface area contributed by atoms with E-state index in [4.69, 9.17) is 18.6 Å². The molecule has 2 saturated heterocycles. The van der Waals surface area contributed by atoms with E-state index in [1.165, 1.54) is 71.6 Å². The lowest BCUT2D eigenvalue weighted by Gasteiger charge is -2.40. The third-order valence-electron chi connectivity index (χ3n) is 9.41. The number of H-pyrrole nitrogens is 1. The Balaban J connectivity index is 0.000000155. The summed E-state index contributed by atoms with van der Waals surface area (Å²) in [6.45, 7) is 9.07. The van der Waals surface area contributed by atoms with Gasteiger partial charge in [0.1, 0.15) is 0 Å². The zero-order chi connectivity index (χ0) is 40.8. The van der Waals surface area contributed by atoms with Crippen molar-refractivity contribution in [3.8, 4) is 11.3 Å². The summed E-state index contributed by atoms with van der Waals surface area (Å²) >= 11 is 0. The number of aromatic amines is 1. The van der Waals surface area contributed by atoms with Crippen molar-refractivity contribution < 1.29 is 38.9 Å². The number of benzene rings is 4. The van der Waals surface area contributed by atoms with E-state index in [0.717, 1.165) is 40.9 Å². The smallest absolute Gasteiger partial charge is 0.294 e. The Kier molecular flexibility index (Phi) is 13.2. The van der Waals surface area contributed by atoms with Crippen molar-refractivity contribution in [3.05, 3.63) is 138 Å². The minimum atomic E-state index is -4.02. The van der Waals surface area contributed by atoms with E-state index < -0.39 is 30.4 Å². The van der Waals surface area contributed by atoms with E-state index in [0.29, 0.717) is 0 Å². The zero-order valence-corrected chi connectivity index (χ0v) is 33.6. The number of fused-ring (bicyclic) bond motifs is 2. The van der Waals surface area contributed by atoms with Crippen LogP contribution < -0.4 is 4.90 Å². The first-order valence-corrected chi connectivity index (χ1v) is 21.7. The Bertz CT molecular complexity index is 2400. The van der Waals surface area contributed by atoms with Crippen LogP contribution in [0.4, 0.5) is 5.69 Å². The Morgan fingerprint density at radius 3 is 1.48 bits per heavy atom. The molecular formula is C40H44N4O9S3. The SMILES string of the molecule is CN1C[C@@H]2CN(c3ccc(-c4ccc5[nH]ccc5c4)nc3)C[C@@H]21.Cc1ccc(S(=O)(=O)O)cc1.Cc1ccc(S(=O)(=O)O)cc1.Cc1ccc(S(=O)(=O)O)cc1. The molecule has 296 valence electrons. The maximum Gasteiger partial charge on any atom is 0.294 e. The number of likely N-dealkylation sites (N-methyl/N-ethyl adjacent to an activating group) is 1. The van der Waals surface area contributed by atoms with Gasteiger partial charge < -0.3 is 14.8 Å². The molecule has 0 radical (unpaired) electrons. The Morgan fingerprint density at radius 1 is 0.607 bits per heavy atom. The van der Waals surface area contributed by atoms with Crippen LogP contribution in [-0.4, -0.2) is 86.5 Å². The lowest BCUT2D eigenvalue weighted by atomic mass is 9.93. The van der Waals surface area contributed by atoms with Crippen LogP contribution in [0.2, 0.25) is 0 Å². The van der Waals surface area contributed by atoms with Gasteiger partial charge in [-0.2, -0.15) is 25.3 Å². The van der Waals surface area contributed by atoms with Crippen LogP contribution in [0.1, 0.15) is 16.7 Å². The van der Waals surface area contributed by atoms with Crippen LogP contribution in [0, 0.1) is 26.7 Å². The molecule has 4 N–H and O–H groups in total. The Morgan fingerprint density at radius 2 is 1.09 bits per heavy atom. The highest BCUT2D eigenvalue weighted by Crippen LogP contribution is 2.34. The molecule has 6 aromatic rings. The first-order valence-electron chi connectivity index (χ1n) is 17.4. The van der Waals surface area contributed by atoms with Crippen molar-refractivity contribution in [2.45, 2.75) is 41.5 Å². The molecular weight excluding hydrogens is 777 g/mol. The molecule has 2 fully saturated rings. The Hall–Kier alpha value is -4.94. The number of nitrogens with zero attached hydrogens (tertiary/aromatic N) is 3. The normalized spacial score (nSPS) is 16.6. The molecule has 8 rings (SSSR count). The van der Waals surface area contributed by atoms with Crippen LogP contribution >= 0.6 is 0 Å². The van der Waals surface area contributed by atoms with Gasteiger partial charge in [-0.15, -0.1) is 0 Å². The van der Waals surface area contributed by atoms with Crippen molar-refractivity contribution in [1.29, 1.82) is 0 Å². The molecule has 0 saturated carbocycles. The lowest BCUT2D eigenvalue weighted by Crippen LogP contribution is -2.52. The predicted octanol–water partition coefficient (Wildman–Crippen LogP) is 6.71. The number of aromatic nitrogens is 2. The van der Waals surface area contributed by atoms with Crippen molar-refractivity contribution in [1.82, 2.24) is 14.9 Å². The molecule has 2 atom stereocenters. The molecule has 0 amide bonds. The minimum Gasteiger partial charge on any atom is -0.368 e. The summed E-state index contributed by atoms with van der Waals surface area (Å²) < 4.78 is 88.7. The number of hydrogen-bond donors (Lipinski definition) is 4. The topological polar surface area (TPSA) is 198 Å². The van der Waals surface area contributed by atoms with Gasteiger partial charge in [0.15, 0.2) is 0 Å². The summed E-state index contributed by atoms with van der Waals surface area (Å²) in [5, 5.41) is 1.23. The van der Waals surface area contributed by atoms with Crippen molar-refractivity contribution in [3.63, 3.8) is 0 Å². The highest BCUT2D eigenvalue weighted by Gasteiger charge is 2.43. The fourth-order valence-corrected chi connectivity index (χ4v) is 7.64. The van der Waals surface area contributed by atoms with Gasteiger partial charge >= 0.3 is 0 Å². The highest BCUT2D eigenvalue weighted by atomic mass is 32.2. The minimum absolute atomic E-state index is 0.0666. The summed E-state index contributed by atoms with van der Waals surface area (Å²) in [6, 6.07) is 31.6. The molecule has 4 aromatic carbocycles. The summed E-state index contributed by atoms with van der Waals surface area (Å²) in [7, 11) is -9.83. The van der Waals surface area contributed by atoms with Crippen LogP contribution in [0.25, 0.3) is 22.2 Å². The number of pyridine rings is 1. The lowest BCUT2D eigenvalue weighted by molar-refractivity contribution is 0.0827. The van der Waals surface area contributed by atoms with E-state index >= 15 is 0 Å². The highest BCUT2D eigenvalue weighted by molar-refractivity contribution is 7.86. The van der Waals surface area contributed by atoms with Crippen molar-refractivity contribution in [2.24, 2.45) is 5.92 Å². The van der Waals surface area contributed by atoms with Gasteiger partial charge in [-0.05, 0) is 94.5 Å². The maximum atomic E-state index is 10.5. The quantitative estimate of drug-likeness (QED) is 0.134. The van der Waals surface area contributed by atoms with Crippen LogP contribution in [0.5, 0.6) is 0 Å². The van der Waals surface area contributed by atoms with Gasteiger partial charge in [0.25, 0.3) is 30.4 Å². The molecule has 0 aliphatic carbocycles. The number of anilines is 1. The zero-order valence-electron chi connectivity index (χ0n) is 31.2. The second kappa shape index (κ2) is 17.5. The summed E-state index contributed by atoms with van der Waals surface area (Å²) in [6.07, 6.45) is 4.01. The van der Waals surface area contributed by atoms with Gasteiger partial charge in [-0.3, -0.25) is 18.6 Å². The van der Waals surface area contributed by atoms with Crippen LogP contribution in [-0.2, 0) is 30.4 Å². The second-order valence-electron chi connectivity index (χ2n) is 13.7. The van der Waals surface area contributed by atoms with Gasteiger partial charge in [0.2, 0.25) is 0 Å². The molecule has 0 spiro atoms. The Labute approximate surface area is 327 Å². The number of rotatable bonds is 5. The summed E-state index contributed by atoms with van der Waals surface area (Å²) in [4.78, 5) is 12.7. The van der Waals surface area contributed by atoms with Gasteiger partial charge in [-0.25, -0.2) is 0 Å². The molecule has 2 aliphatic rings. The van der Waals surface area contributed by atoms with Crippen LogP contribution in [0.15, 0.2) is 136 Å². The molecule has 56 heavy (non-hydrogen) atoms. The molecule has 0 unspecified atom stereocenters.